The molecule has 0 spiro atoms. The second-order valence-electron chi connectivity index (χ2n) is 7.47. The molecule has 0 bridgehead atoms. The van der Waals surface area contributed by atoms with Gasteiger partial charge in [0.25, 0.3) is 10.0 Å². The largest absolute Gasteiger partial charge is 0.573 e. The normalized spacial score (nSPS) is 11.8. The van der Waals surface area contributed by atoms with Crippen molar-refractivity contribution in [2.24, 2.45) is 0 Å². The van der Waals surface area contributed by atoms with Crippen molar-refractivity contribution < 1.29 is 49.7 Å². The lowest BCUT2D eigenvalue weighted by Gasteiger charge is -2.15. The van der Waals surface area contributed by atoms with Crippen molar-refractivity contribution in [2.75, 3.05) is 33.2 Å². The number of rotatable bonds is 10. The minimum absolute atomic E-state index is 0.0864. The van der Waals surface area contributed by atoms with Crippen molar-refractivity contribution in [3.63, 3.8) is 0 Å². The molecular weight excluding hydrogens is 534 g/mol. The Kier molecular flexibility index (Phi) is 8.61. The minimum Gasteiger partial charge on any atom is -0.494 e. The highest BCUT2D eigenvalue weighted by Gasteiger charge is 2.31. The fourth-order valence-corrected chi connectivity index (χ4v) is 4.51. The van der Waals surface area contributed by atoms with Gasteiger partial charge in [0.15, 0.2) is 23.1 Å². The van der Waals surface area contributed by atoms with Gasteiger partial charge in [-0.05, 0) is 42.0 Å². The van der Waals surface area contributed by atoms with Crippen LogP contribution in [0.5, 0.6) is 28.7 Å². The number of alkyl halides is 3. The number of benzene rings is 3. The quantitative estimate of drug-likeness (QED) is 0.251. The molecule has 3 aromatic rings. The summed E-state index contributed by atoms with van der Waals surface area (Å²) in [6, 6.07) is 9.63. The molecule has 0 saturated carbocycles. The van der Waals surface area contributed by atoms with Crippen LogP contribution in [-0.2, 0) is 10.0 Å². The van der Waals surface area contributed by atoms with E-state index in [0.29, 0.717) is 28.9 Å². The number of halogens is 4. The Hall–Kier alpha value is -4.13. The zero-order valence-corrected chi connectivity index (χ0v) is 21.4. The third-order valence-electron chi connectivity index (χ3n) is 5.09. The van der Waals surface area contributed by atoms with Crippen LogP contribution in [0.15, 0.2) is 53.4 Å². The maximum atomic E-state index is 15.2. The van der Waals surface area contributed by atoms with Gasteiger partial charge < -0.3 is 23.7 Å². The van der Waals surface area contributed by atoms with Gasteiger partial charge in [-0.1, -0.05) is 18.2 Å². The van der Waals surface area contributed by atoms with Gasteiger partial charge in [0.2, 0.25) is 5.75 Å². The average molecular weight is 558 g/mol. The number of nitrogens with one attached hydrogen (secondary N) is 1. The summed E-state index contributed by atoms with van der Waals surface area (Å²) < 4.78 is 106. The molecule has 3 aromatic carbocycles. The number of ether oxygens (including phenoxy) is 5. The van der Waals surface area contributed by atoms with Gasteiger partial charge in [0.05, 0.1) is 39.0 Å². The highest BCUT2D eigenvalue weighted by Crippen LogP contribution is 2.39. The molecule has 1 N–H and O–H groups in total. The predicted molar refractivity (Wildman–Crippen MR) is 132 cm³/mol. The zero-order valence-electron chi connectivity index (χ0n) is 20.6. The summed E-state index contributed by atoms with van der Waals surface area (Å²) >= 11 is 0. The Labute approximate surface area is 216 Å². The summed E-state index contributed by atoms with van der Waals surface area (Å²) in [6.45, 7) is 0. The van der Waals surface area contributed by atoms with E-state index in [1.165, 1.54) is 46.6 Å². The standard InChI is InChI=1S/C25H23F4NO7S/c1-33-19-11-10-16(9-8-15-12-20(34-2)24(36-4)21(13-15)35-3)23(22(19)26)30-38(31,32)18-7-5-6-17(14-18)37-25(27,28)29/h5-14,30H,1-4H3/b9-8-. The molecule has 0 atom stereocenters. The fraction of sp³-hybridized carbons (Fsp3) is 0.200. The van der Waals surface area contributed by atoms with E-state index >= 15 is 4.39 Å². The number of hydrogen-bond acceptors (Lipinski definition) is 7. The molecule has 204 valence electrons. The third-order valence-corrected chi connectivity index (χ3v) is 6.43. The lowest BCUT2D eigenvalue weighted by molar-refractivity contribution is -0.274. The molecule has 0 aliphatic carbocycles. The highest BCUT2D eigenvalue weighted by atomic mass is 32.2. The SMILES string of the molecule is COc1ccc(/C=C\c2cc(OC)c(OC)c(OC)c2)c(NS(=O)(=O)c2cccc(OC(F)(F)F)c2)c1F. The molecule has 13 heteroatoms. The van der Waals surface area contributed by atoms with Crippen LogP contribution in [0.3, 0.4) is 0 Å². The smallest absolute Gasteiger partial charge is 0.494 e. The van der Waals surface area contributed by atoms with E-state index in [1.807, 2.05) is 0 Å². The van der Waals surface area contributed by atoms with Crippen LogP contribution in [0.1, 0.15) is 11.1 Å². The van der Waals surface area contributed by atoms with E-state index in [1.54, 1.807) is 18.2 Å². The van der Waals surface area contributed by atoms with Crippen molar-refractivity contribution in [3.8, 4) is 28.7 Å². The first kappa shape index (κ1) is 28.4. The molecule has 38 heavy (non-hydrogen) atoms. The van der Waals surface area contributed by atoms with E-state index in [-0.39, 0.29) is 11.3 Å². The molecule has 8 nitrogen and oxygen atoms in total. The third kappa shape index (κ3) is 6.59. The Morgan fingerprint density at radius 1 is 0.816 bits per heavy atom. The van der Waals surface area contributed by atoms with Crippen molar-refractivity contribution in [2.45, 2.75) is 11.3 Å². The molecule has 0 fully saturated rings. The van der Waals surface area contributed by atoms with Gasteiger partial charge in [-0.3, -0.25) is 4.72 Å². The van der Waals surface area contributed by atoms with Crippen LogP contribution < -0.4 is 28.4 Å². The summed E-state index contributed by atoms with van der Waals surface area (Å²) in [7, 11) is 0.952. The van der Waals surface area contributed by atoms with Crippen molar-refractivity contribution in [1.82, 2.24) is 0 Å². The van der Waals surface area contributed by atoms with E-state index in [2.05, 4.69) is 9.46 Å². The fourth-order valence-electron chi connectivity index (χ4n) is 3.39. The lowest BCUT2D eigenvalue weighted by Crippen LogP contribution is -2.18. The van der Waals surface area contributed by atoms with Crippen molar-refractivity contribution in [3.05, 3.63) is 65.5 Å². The first-order valence-corrected chi connectivity index (χ1v) is 12.1. The van der Waals surface area contributed by atoms with E-state index < -0.39 is 38.5 Å². The summed E-state index contributed by atoms with van der Waals surface area (Å²) in [5.74, 6) is -0.988. The van der Waals surface area contributed by atoms with Gasteiger partial charge in [-0.25, -0.2) is 12.8 Å². The van der Waals surface area contributed by atoms with Gasteiger partial charge >= 0.3 is 6.36 Å². The van der Waals surface area contributed by atoms with Crippen LogP contribution in [0.2, 0.25) is 0 Å². The van der Waals surface area contributed by atoms with Crippen LogP contribution in [-0.4, -0.2) is 43.2 Å². The molecule has 0 radical (unpaired) electrons. The number of methoxy groups -OCH3 is 4. The molecule has 0 unspecified atom stereocenters. The molecule has 0 aromatic heterocycles. The number of anilines is 1. The van der Waals surface area contributed by atoms with Crippen LogP contribution >= 0.6 is 0 Å². The Bertz CT molecular complexity index is 1420. The topological polar surface area (TPSA) is 92.3 Å². The lowest BCUT2D eigenvalue weighted by atomic mass is 10.1. The number of sulfonamides is 1. The highest BCUT2D eigenvalue weighted by molar-refractivity contribution is 7.92. The van der Waals surface area contributed by atoms with Gasteiger partial charge in [0, 0.05) is 11.6 Å². The second-order valence-corrected chi connectivity index (χ2v) is 9.15. The molecule has 0 heterocycles. The summed E-state index contributed by atoms with van der Waals surface area (Å²) in [4.78, 5) is -0.582. The van der Waals surface area contributed by atoms with Crippen molar-refractivity contribution in [1.29, 1.82) is 0 Å². The van der Waals surface area contributed by atoms with E-state index in [9.17, 15) is 21.6 Å². The minimum atomic E-state index is -5.03. The van der Waals surface area contributed by atoms with Gasteiger partial charge in [-0.15, -0.1) is 13.2 Å². The predicted octanol–water partition coefficient (Wildman–Crippen LogP) is 5.73. The maximum absolute atomic E-state index is 15.2. The van der Waals surface area contributed by atoms with Crippen LogP contribution in [0, 0.1) is 5.82 Å². The molecular formula is C25H23F4NO7S. The van der Waals surface area contributed by atoms with Crippen LogP contribution in [0.4, 0.5) is 23.2 Å². The van der Waals surface area contributed by atoms with E-state index in [4.69, 9.17) is 18.9 Å². The Morgan fingerprint density at radius 2 is 1.45 bits per heavy atom. The first-order valence-electron chi connectivity index (χ1n) is 10.7. The summed E-state index contributed by atoms with van der Waals surface area (Å²) in [6.07, 6.45) is -2.06. The first-order chi connectivity index (χ1) is 17.9. The van der Waals surface area contributed by atoms with Crippen LogP contribution in [0.25, 0.3) is 12.2 Å². The summed E-state index contributed by atoms with van der Waals surface area (Å²) in [5.41, 5.74) is 0.139. The monoisotopic (exact) mass is 557 g/mol. The molecule has 3 rings (SSSR count). The average Bonchev–Trinajstić information content (AvgIpc) is 2.87. The molecule has 0 aliphatic rings. The van der Waals surface area contributed by atoms with Crippen molar-refractivity contribution >= 4 is 27.9 Å². The molecule has 0 amide bonds. The summed E-state index contributed by atoms with van der Waals surface area (Å²) in [5, 5.41) is 0. The van der Waals surface area contributed by atoms with E-state index in [0.717, 1.165) is 18.2 Å². The Morgan fingerprint density at radius 3 is 2.00 bits per heavy atom. The van der Waals surface area contributed by atoms with Gasteiger partial charge in [0.1, 0.15) is 5.75 Å². The maximum Gasteiger partial charge on any atom is 0.573 e. The Balaban J connectivity index is 2.04. The van der Waals surface area contributed by atoms with Gasteiger partial charge in [-0.2, -0.15) is 0 Å². The second kappa shape index (κ2) is 11.5. The molecule has 0 aliphatic heterocycles. The molecule has 0 saturated heterocycles. The number of hydrogen-bond donors (Lipinski definition) is 1. The zero-order chi connectivity index (χ0) is 28.1.